The Kier molecular flexibility index (Phi) is 4.84. The minimum Gasteiger partial charge on any atom is -0.318 e. The molecule has 0 unspecified atom stereocenters. The van der Waals surface area contributed by atoms with Gasteiger partial charge in [-0.15, -0.1) is 0 Å². The van der Waals surface area contributed by atoms with Crippen LogP contribution < -0.4 is 5.32 Å². The van der Waals surface area contributed by atoms with Crippen molar-refractivity contribution in [1.29, 1.82) is 0 Å². The number of hydrogen-bond donors (Lipinski definition) is 1. The first-order valence-corrected chi connectivity index (χ1v) is 6.80. The molecule has 1 saturated heterocycles. The van der Waals surface area contributed by atoms with E-state index in [1.165, 1.54) is 31.5 Å². The van der Waals surface area contributed by atoms with Crippen molar-refractivity contribution < 1.29 is 0 Å². The first kappa shape index (κ1) is 12.9. The molecule has 94 valence electrons. The molecule has 0 spiro atoms. The average molecular weight is 253 g/mol. The highest BCUT2D eigenvalue weighted by atomic mass is 35.5. The smallest absolute Gasteiger partial charge is 0.0440 e. The summed E-state index contributed by atoms with van der Waals surface area (Å²) >= 11 is 6.25. The second kappa shape index (κ2) is 6.39. The molecule has 1 aliphatic rings. The lowest BCUT2D eigenvalue weighted by Gasteiger charge is -2.32. The number of nitrogens with zero attached hydrogens (tertiary/aromatic N) is 1. The maximum atomic E-state index is 6.25. The van der Waals surface area contributed by atoms with E-state index >= 15 is 0 Å². The fourth-order valence-electron chi connectivity index (χ4n) is 2.54. The van der Waals surface area contributed by atoms with E-state index in [1.807, 2.05) is 19.2 Å². The van der Waals surface area contributed by atoms with Crippen LogP contribution in [0, 0.1) is 0 Å². The van der Waals surface area contributed by atoms with Gasteiger partial charge >= 0.3 is 0 Å². The lowest BCUT2D eigenvalue weighted by atomic mass is 9.89. The fourth-order valence-corrected chi connectivity index (χ4v) is 2.83. The van der Waals surface area contributed by atoms with Gasteiger partial charge < -0.3 is 10.2 Å². The minimum atomic E-state index is 0.648. The molecule has 1 aromatic carbocycles. The first-order chi connectivity index (χ1) is 8.31. The third-order valence-corrected chi connectivity index (χ3v) is 3.95. The van der Waals surface area contributed by atoms with Crippen molar-refractivity contribution in [3.05, 3.63) is 34.9 Å². The summed E-state index contributed by atoms with van der Waals surface area (Å²) in [5.74, 6) is 0.648. The fraction of sp³-hybridized carbons (Fsp3) is 0.571. The van der Waals surface area contributed by atoms with E-state index in [1.54, 1.807) is 0 Å². The van der Waals surface area contributed by atoms with E-state index in [4.69, 9.17) is 11.6 Å². The number of piperidine rings is 1. The number of rotatable bonds is 4. The van der Waals surface area contributed by atoms with Crippen LogP contribution in [-0.2, 0) is 0 Å². The Balaban J connectivity index is 1.89. The van der Waals surface area contributed by atoms with Crippen LogP contribution in [0.15, 0.2) is 24.3 Å². The van der Waals surface area contributed by atoms with E-state index in [0.29, 0.717) is 5.92 Å². The lowest BCUT2D eigenvalue weighted by molar-refractivity contribution is 0.214. The topological polar surface area (TPSA) is 15.3 Å². The van der Waals surface area contributed by atoms with Gasteiger partial charge in [0.1, 0.15) is 0 Å². The lowest BCUT2D eigenvalue weighted by Crippen LogP contribution is -2.37. The summed E-state index contributed by atoms with van der Waals surface area (Å²) in [7, 11) is 2.01. The molecule has 0 bridgehead atoms. The number of nitrogens with one attached hydrogen (secondary N) is 1. The highest BCUT2D eigenvalue weighted by Gasteiger charge is 2.21. The Labute approximate surface area is 109 Å². The summed E-state index contributed by atoms with van der Waals surface area (Å²) in [5, 5.41) is 4.14. The average Bonchev–Trinajstić information content (AvgIpc) is 2.38. The standard InChI is InChI=1S/C14H21ClN2/c1-16-8-11-17-9-6-12(7-10-17)13-4-2-3-5-14(13)15/h2-5,12,16H,6-11H2,1H3. The van der Waals surface area contributed by atoms with Crippen LogP contribution in [0.5, 0.6) is 0 Å². The molecule has 3 heteroatoms. The zero-order valence-electron chi connectivity index (χ0n) is 10.5. The van der Waals surface area contributed by atoms with Crippen LogP contribution in [0.25, 0.3) is 0 Å². The van der Waals surface area contributed by atoms with E-state index in [0.717, 1.165) is 18.1 Å². The molecular formula is C14H21ClN2. The first-order valence-electron chi connectivity index (χ1n) is 6.42. The van der Waals surface area contributed by atoms with Gasteiger partial charge in [-0.25, -0.2) is 0 Å². The summed E-state index contributed by atoms with van der Waals surface area (Å²) in [6.07, 6.45) is 2.46. The van der Waals surface area contributed by atoms with Crippen LogP contribution in [0.2, 0.25) is 5.02 Å². The Bertz CT molecular complexity index is 346. The molecule has 0 aromatic heterocycles. The van der Waals surface area contributed by atoms with Crippen LogP contribution in [-0.4, -0.2) is 38.1 Å². The Hall–Kier alpha value is -0.570. The molecule has 1 aromatic rings. The van der Waals surface area contributed by atoms with Gasteiger partial charge in [-0.3, -0.25) is 0 Å². The van der Waals surface area contributed by atoms with Crippen molar-refractivity contribution in [2.45, 2.75) is 18.8 Å². The van der Waals surface area contributed by atoms with Crippen LogP contribution >= 0.6 is 11.6 Å². The molecule has 17 heavy (non-hydrogen) atoms. The molecule has 0 atom stereocenters. The van der Waals surface area contributed by atoms with Crippen molar-refractivity contribution >= 4 is 11.6 Å². The molecule has 0 aliphatic carbocycles. The molecule has 2 rings (SSSR count). The highest BCUT2D eigenvalue weighted by molar-refractivity contribution is 6.31. The van der Waals surface area contributed by atoms with Gasteiger partial charge in [0.05, 0.1) is 0 Å². The van der Waals surface area contributed by atoms with E-state index < -0.39 is 0 Å². The third-order valence-electron chi connectivity index (χ3n) is 3.61. The molecule has 1 heterocycles. The van der Waals surface area contributed by atoms with Gasteiger partial charge in [-0.2, -0.15) is 0 Å². The minimum absolute atomic E-state index is 0.648. The van der Waals surface area contributed by atoms with E-state index in [2.05, 4.69) is 22.3 Å². The maximum Gasteiger partial charge on any atom is 0.0440 e. The summed E-state index contributed by atoms with van der Waals surface area (Å²) in [4.78, 5) is 2.53. The normalized spacial score (nSPS) is 18.5. The molecule has 1 N–H and O–H groups in total. The number of halogens is 1. The highest BCUT2D eigenvalue weighted by Crippen LogP contribution is 2.32. The SMILES string of the molecule is CNCCN1CCC(c2ccccc2Cl)CC1. The van der Waals surface area contributed by atoms with Gasteiger partial charge in [-0.05, 0) is 50.5 Å². The molecule has 2 nitrogen and oxygen atoms in total. The molecule has 0 amide bonds. The third kappa shape index (κ3) is 3.44. The van der Waals surface area contributed by atoms with Crippen molar-refractivity contribution in [3.8, 4) is 0 Å². The van der Waals surface area contributed by atoms with Crippen LogP contribution in [0.1, 0.15) is 24.3 Å². The Morgan fingerprint density at radius 3 is 2.65 bits per heavy atom. The quantitative estimate of drug-likeness (QED) is 0.887. The summed E-state index contributed by atoms with van der Waals surface area (Å²) < 4.78 is 0. The molecule has 1 fully saturated rings. The monoisotopic (exact) mass is 252 g/mol. The summed E-state index contributed by atoms with van der Waals surface area (Å²) in [6.45, 7) is 4.62. The Morgan fingerprint density at radius 1 is 1.29 bits per heavy atom. The summed E-state index contributed by atoms with van der Waals surface area (Å²) in [5.41, 5.74) is 1.34. The predicted molar refractivity (Wildman–Crippen MR) is 73.8 cm³/mol. The van der Waals surface area contributed by atoms with Gasteiger partial charge in [0.2, 0.25) is 0 Å². The Morgan fingerprint density at radius 2 is 2.00 bits per heavy atom. The van der Waals surface area contributed by atoms with Gasteiger partial charge in [-0.1, -0.05) is 29.8 Å². The molecule has 1 aliphatic heterocycles. The van der Waals surface area contributed by atoms with Crippen LogP contribution in [0.4, 0.5) is 0 Å². The van der Waals surface area contributed by atoms with E-state index in [9.17, 15) is 0 Å². The number of benzene rings is 1. The zero-order valence-corrected chi connectivity index (χ0v) is 11.2. The van der Waals surface area contributed by atoms with Crippen molar-refractivity contribution in [2.75, 3.05) is 33.2 Å². The second-order valence-electron chi connectivity index (χ2n) is 4.74. The number of likely N-dealkylation sites (tertiary alicyclic amines) is 1. The van der Waals surface area contributed by atoms with Gasteiger partial charge in [0.25, 0.3) is 0 Å². The predicted octanol–water partition coefficient (Wildman–Crippen LogP) is 2.74. The number of hydrogen-bond acceptors (Lipinski definition) is 2. The van der Waals surface area contributed by atoms with Crippen molar-refractivity contribution in [1.82, 2.24) is 10.2 Å². The van der Waals surface area contributed by atoms with Gasteiger partial charge in [0, 0.05) is 18.1 Å². The second-order valence-corrected chi connectivity index (χ2v) is 5.15. The van der Waals surface area contributed by atoms with E-state index in [-0.39, 0.29) is 0 Å². The molecule has 0 radical (unpaired) electrons. The molecule has 0 saturated carbocycles. The largest absolute Gasteiger partial charge is 0.318 e. The zero-order chi connectivity index (χ0) is 12.1. The van der Waals surface area contributed by atoms with Crippen molar-refractivity contribution in [3.63, 3.8) is 0 Å². The van der Waals surface area contributed by atoms with Crippen molar-refractivity contribution in [2.24, 2.45) is 0 Å². The van der Waals surface area contributed by atoms with Gasteiger partial charge in [0.15, 0.2) is 0 Å². The maximum absolute atomic E-state index is 6.25. The number of likely N-dealkylation sites (N-methyl/N-ethyl adjacent to an activating group) is 1. The summed E-state index contributed by atoms with van der Waals surface area (Å²) in [6, 6.07) is 8.28. The molecular weight excluding hydrogens is 232 g/mol. The van der Waals surface area contributed by atoms with Crippen LogP contribution in [0.3, 0.4) is 0 Å².